The fourth-order valence-corrected chi connectivity index (χ4v) is 3.61. The van der Waals surface area contributed by atoms with Crippen molar-refractivity contribution in [2.45, 2.75) is 36.0 Å². The van der Waals surface area contributed by atoms with Crippen molar-refractivity contribution in [3.8, 4) is 11.5 Å². The SMILES string of the molecule is CC1CC(N)c2cc3c(cc2S1)OCCCO3. The molecule has 0 radical (unpaired) electrons. The number of benzene rings is 1. The Balaban J connectivity index is 2.03. The van der Waals surface area contributed by atoms with Crippen molar-refractivity contribution in [2.24, 2.45) is 5.73 Å². The van der Waals surface area contributed by atoms with E-state index in [0.717, 1.165) is 37.6 Å². The van der Waals surface area contributed by atoms with Crippen LogP contribution in [0.5, 0.6) is 11.5 Å². The molecule has 4 heteroatoms. The van der Waals surface area contributed by atoms with Gasteiger partial charge in [0.2, 0.25) is 0 Å². The summed E-state index contributed by atoms with van der Waals surface area (Å²) < 4.78 is 11.4. The van der Waals surface area contributed by atoms with Gasteiger partial charge in [0.15, 0.2) is 11.5 Å². The monoisotopic (exact) mass is 251 g/mol. The molecule has 2 heterocycles. The van der Waals surface area contributed by atoms with E-state index >= 15 is 0 Å². The first kappa shape index (κ1) is 11.2. The zero-order chi connectivity index (χ0) is 11.8. The zero-order valence-electron chi connectivity index (χ0n) is 9.94. The molecular formula is C13H17NO2S. The van der Waals surface area contributed by atoms with Crippen molar-refractivity contribution >= 4 is 11.8 Å². The number of rotatable bonds is 0. The maximum Gasteiger partial charge on any atom is 0.162 e. The Morgan fingerprint density at radius 3 is 2.71 bits per heavy atom. The Kier molecular flexibility index (Phi) is 2.92. The van der Waals surface area contributed by atoms with Gasteiger partial charge in [-0.2, -0.15) is 0 Å². The molecule has 3 nitrogen and oxygen atoms in total. The summed E-state index contributed by atoms with van der Waals surface area (Å²) in [6, 6.07) is 4.29. The summed E-state index contributed by atoms with van der Waals surface area (Å²) in [5.41, 5.74) is 7.41. The largest absolute Gasteiger partial charge is 0.490 e. The van der Waals surface area contributed by atoms with Gasteiger partial charge in [0.05, 0.1) is 13.2 Å². The zero-order valence-corrected chi connectivity index (χ0v) is 10.8. The Labute approximate surface area is 106 Å². The van der Waals surface area contributed by atoms with E-state index in [9.17, 15) is 0 Å². The molecule has 0 bridgehead atoms. The van der Waals surface area contributed by atoms with E-state index in [1.807, 2.05) is 11.8 Å². The highest BCUT2D eigenvalue weighted by atomic mass is 32.2. The highest BCUT2D eigenvalue weighted by molar-refractivity contribution is 8.00. The van der Waals surface area contributed by atoms with E-state index in [1.54, 1.807) is 0 Å². The minimum Gasteiger partial charge on any atom is -0.490 e. The van der Waals surface area contributed by atoms with E-state index in [-0.39, 0.29) is 6.04 Å². The molecule has 0 aliphatic carbocycles. The van der Waals surface area contributed by atoms with E-state index in [4.69, 9.17) is 15.2 Å². The van der Waals surface area contributed by atoms with Crippen LogP contribution in [0.15, 0.2) is 17.0 Å². The molecule has 0 saturated carbocycles. The number of thioether (sulfide) groups is 1. The van der Waals surface area contributed by atoms with E-state index in [1.165, 1.54) is 10.5 Å². The second-order valence-electron chi connectivity index (χ2n) is 4.66. The van der Waals surface area contributed by atoms with Gasteiger partial charge in [-0.05, 0) is 24.1 Å². The van der Waals surface area contributed by atoms with Crippen molar-refractivity contribution in [1.29, 1.82) is 0 Å². The third-order valence-corrected chi connectivity index (χ3v) is 4.40. The second kappa shape index (κ2) is 4.42. The van der Waals surface area contributed by atoms with Gasteiger partial charge in [-0.15, -0.1) is 11.8 Å². The maximum absolute atomic E-state index is 6.20. The van der Waals surface area contributed by atoms with Crippen LogP contribution in [0, 0.1) is 0 Å². The van der Waals surface area contributed by atoms with Gasteiger partial charge in [0, 0.05) is 22.6 Å². The van der Waals surface area contributed by atoms with Crippen LogP contribution in [0.3, 0.4) is 0 Å². The van der Waals surface area contributed by atoms with Crippen molar-refractivity contribution in [3.05, 3.63) is 17.7 Å². The lowest BCUT2D eigenvalue weighted by Gasteiger charge is -2.27. The predicted octanol–water partition coefficient (Wildman–Crippen LogP) is 2.73. The summed E-state index contributed by atoms with van der Waals surface area (Å²) in [6.07, 6.45) is 1.96. The molecule has 0 saturated heterocycles. The molecule has 2 N–H and O–H groups in total. The Hall–Kier alpha value is -0.870. The van der Waals surface area contributed by atoms with Gasteiger partial charge >= 0.3 is 0 Å². The second-order valence-corrected chi connectivity index (χ2v) is 6.14. The molecule has 0 amide bonds. The summed E-state index contributed by atoms with van der Waals surface area (Å²) >= 11 is 1.88. The van der Waals surface area contributed by atoms with Crippen molar-refractivity contribution in [1.82, 2.24) is 0 Å². The summed E-state index contributed by atoms with van der Waals surface area (Å²) in [7, 11) is 0. The molecule has 2 unspecified atom stereocenters. The number of hydrogen-bond acceptors (Lipinski definition) is 4. The fraction of sp³-hybridized carbons (Fsp3) is 0.538. The first-order valence-electron chi connectivity index (χ1n) is 6.10. The van der Waals surface area contributed by atoms with Crippen LogP contribution in [-0.4, -0.2) is 18.5 Å². The molecule has 17 heavy (non-hydrogen) atoms. The highest BCUT2D eigenvalue weighted by Gasteiger charge is 2.25. The average molecular weight is 251 g/mol. The Morgan fingerprint density at radius 2 is 1.94 bits per heavy atom. The third-order valence-electron chi connectivity index (χ3n) is 3.19. The molecule has 2 aliphatic heterocycles. The summed E-state index contributed by atoms with van der Waals surface area (Å²) in [5.74, 6) is 1.72. The first-order chi connectivity index (χ1) is 8.24. The predicted molar refractivity (Wildman–Crippen MR) is 68.9 cm³/mol. The van der Waals surface area contributed by atoms with Crippen LogP contribution in [-0.2, 0) is 0 Å². The minimum absolute atomic E-state index is 0.124. The van der Waals surface area contributed by atoms with Crippen LogP contribution in [0.2, 0.25) is 0 Å². The van der Waals surface area contributed by atoms with Gasteiger partial charge in [0.25, 0.3) is 0 Å². The van der Waals surface area contributed by atoms with E-state index in [2.05, 4.69) is 19.1 Å². The van der Waals surface area contributed by atoms with Gasteiger partial charge in [-0.3, -0.25) is 0 Å². The Morgan fingerprint density at radius 1 is 1.24 bits per heavy atom. The summed E-state index contributed by atoms with van der Waals surface area (Å²) in [4.78, 5) is 1.25. The number of hydrogen-bond donors (Lipinski definition) is 1. The van der Waals surface area contributed by atoms with Crippen LogP contribution in [0.4, 0.5) is 0 Å². The fourth-order valence-electron chi connectivity index (χ4n) is 2.35. The lowest BCUT2D eigenvalue weighted by Crippen LogP contribution is -2.20. The van der Waals surface area contributed by atoms with Crippen molar-refractivity contribution in [2.75, 3.05) is 13.2 Å². The summed E-state index contributed by atoms with van der Waals surface area (Å²) in [6.45, 7) is 3.68. The van der Waals surface area contributed by atoms with Crippen LogP contribution >= 0.6 is 11.8 Å². The van der Waals surface area contributed by atoms with Gasteiger partial charge in [-0.1, -0.05) is 6.92 Å². The molecule has 3 rings (SSSR count). The number of nitrogens with two attached hydrogens (primary N) is 1. The molecule has 0 aromatic heterocycles. The molecule has 0 fully saturated rings. The summed E-state index contributed by atoms with van der Waals surface area (Å²) in [5, 5.41) is 0.572. The van der Waals surface area contributed by atoms with Crippen LogP contribution in [0.25, 0.3) is 0 Å². The number of fused-ring (bicyclic) bond motifs is 2. The molecular weight excluding hydrogens is 234 g/mol. The lowest BCUT2D eigenvalue weighted by atomic mass is 10.0. The topological polar surface area (TPSA) is 44.5 Å². The Bertz CT molecular complexity index is 436. The smallest absolute Gasteiger partial charge is 0.162 e. The third kappa shape index (κ3) is 2.11. The maximum atomic E-state index is 6.20. The van der Waals surface area contributed by atoms with E-state index in [0.29, 0.717) is 5.25 Å². The van der Waals surface area contributed by atoms with E-state index < -0.39 is 0 Å². The average Bonchev–Trinajstić information content (AvgIpc) is 2.51. The molecule has 1 aromatic carbocycles. The van der Waals surface area contributed by atoms with Crippen molar-refractivity contribution in [3.63, 3.8) is 0 Å². The first-order valence-corrected chi connectivity index (χ1v) is 6.98. The van der Waals surface area contributed by atoms with Crippen LogP contribution < -0.4 is 15.2 Å². The lowest BCUT2D eigenvalue weighted by molar-refractivity contribution is 0.297. The molecule has 2 aliphatic rings. The minimum atomic E-state index is 0.124. The van der Waals surface area contributed by atoms with Gasteiger partial charge in [0.1, 0.15) is 0 Å². The normalized spacial score (nSPS) is 27.2. The highest BCUT2D eigenvalue weighted by Crippen LogP contribution is 2.45. The van der Waals surface area contributed by atoms with Crippen molar-refractivity contribution < 1.29 is 9.47 Å². The number of ether oxygens (including phenoxy) is 2. The van der Waals surface area contributed by atoms with Crippen LogP contribution in [0.1, 0.15) is 31.4 Å². The molecule has 0 spiro atoms. The van der Waals surface area contributed by atoms with Gasteiger partial charge < -0.3 is 15.2 Å². The molecule has 1 aromatic rings. The quantitative estimate of drug-likeness (QED) is 0.770. The molecule has 2 atom stereocenters. The standard InChI is InChI=1S/C13H17NO2S/c1-8-5-10(14)9-6-11-12(7-13(9)17-8)16-4-2-3-15-11/h6-8,10H,2-5,14H2,1H3. The van der Waals surface area contributed by atoms with Gasteiger partial charge in [-0.25, -0.2) is 0 Å². The molecule has 92 valence electrons.